The van der Waals surface area contributed by atoms with Crippen LogP contribution in [0.3, 0.4) is 0 Å². The molecule has 0 unspecified atom stereocenters. The monoisotopic (exact) mass is 334 g/mol. The van der Waals surface area contributed by atoms with Crippen LogP contribution in [0.25, 0.3) is 23.0 Å². The zero-order valence-corrected chi connectivity index (χ0v) is 12.1. The van der Waals surface area contributed by atoms with Gasteiger partial charge in [-0.15, -0.1) is 0 Å². The molecule has 3 N–H and O–H groups in total. The summed E-state index contributed by atoms with van der Waals surface area (Å²) in [5.74, 6) is 2.29. The van der Waals surface area contributed by atoms with Crippen LogP contribution < -0.4 is 10.5 Å². The maximum atomic E-state index is 5.79. The minimum atomic E-state index is 0.497. The second-order valence-corrected chi connectivity index (χ2v) is 4.85. The number of halogens is 1. The smallest absolute Gasteiger partial charge is 0.192 e. The van der Waals surface area contributed by atoms with Crippen LogP contribution in [-0.4, -0.2) is 22.3 Å². The third-order valence-corrected chi connectivity index (χ3v) is 3.18. The van der Waals surface area contributed by atoms with Gasteiger partial charge < -0.3 is 14.9 Å². The standard InChI is InChI=1S/C13H11BrN4O2/c1-19-9-3-2-7(15)6-8(9)12-16-13(18-17-12)10-4-5-11(14)20-10/h2-6H,15H2,1H3,(H,16,17,18). The average Bonchev–Trinajstić information content (AvgIpc) is 3.07. The van der Waals surface area contributed by atoms with Gasteiger partial charge in [0.25, 0.3) is 0 Å². The maximum absolute atomic E-state index is 5.79. The number of nitrogens with two attached hydrogens (primary N) is 1. The predicted molar refractivity (Wildman–Crippen MR) is 78.2 cm³/mol. The zero-order valence-electron chi connectivity index (χ0n) is 10.6. The quantitative estimate of drug-likeness (QED) is 0.718. The first-order valence-electron chi connectivity index (χ1n) is 5.79. The fourth-order valence-corrected chi connectivity index (χ4v) is 2.14. The van der Waals surface area contributed by atoms with Crippen molar-refractivity contribution in [1.29, 1.82) is 0 Å². The van der Waals surface area contributed by atoms with Crippen LogP contribution in [-0.2, 0) is 0 Å². The van der Waals surface area contributed by atoms with Crippen LogP contribution in [0, 0.1) is 0 Å². The van der Waals surface area contributed by atoms with E-state index in [1.807, 2.05) is 0 Å². The Bertz CT molecular complexity index is 750. The maximum Gasteiger partial charge on any atom is 0.192 e. The minimum absolute atomic E-state index is 0.497. The van der Waals surface area contributed by atoms with E-state index in [-0.39, 0.29) is 0 Å². The summed E-state index contributed by atoms with van der Waals surface area (Å²) in [6.07, 6.45) is 0. The molecular formula is C13H11BrN4O2. The van der Waals surface area contributed by atoms with Gasteiger partial charge >= 0.3 is 0 Å². The number of benzene rings is 1. The molecule has 0 bridgehead atoms. The summed E-state index contributed by atoms with van der Waals surface area (Å²) in [5, 5.41) is 7.01. The molecule has 0 fully saturated rings. The molecule has 102 valence electrons. The van der Waals surface area contributed by atoms with Crippen LogP contribution in [0.2, 0.25) is 0 Å². The van der Waals surface area contributed by atoms with Crippen molar-refractivity contribution in [3.05, 3.63) is 35.0 Å². The molecule has 0 saturated heterocycles. The number of H-pyrrole nitrogens is 1. The van der Waals surface area contributed by atoms with Gasteiger partial charge in [0.1, 0.15) is 5.75 Å². The number of nitrogen functional groups attached to an aromatic ring is 1. The van der Waals surface area contributed by atoms with Gasteiger partial charge in [-0.25, -0.2) is 4.98 Å². The van der Waals surface area contributed by atoms with Crippen molar-refractivity contribution in [3.63, 3.8) is 0 Å². The molecule has 0 atom stereocenters. The summed E-state index contributed by atoms with van der Waals surface area (Å²) in [6, 6.07) is 8.90. The number of rotatable bonds is 3. The Morgan fingerprint density at radius 2 is 2.15 bits per heavy atom. The lowest BCUT2D eigenvalue weighted by molar-refractivity contribution is 0.416. The third kappa shape index (κ3) is 2.27. The van der Waals surface area contributed by atoms with Gasteiger partial charge in [-0.1, -0.05) is 0 Å². The number of furan rings is 1. The molecule has 3 rings (SSSR count). The van der Waals surface area contributed by atoms with Crippen LogP contribution >= 0.6 is 15.9 Å². The highest BCUT2D eigenvalue weighted by Crippen LogP contribution is 2.31. The normalized spacial score (nSPS) is 10.7. The number of hydrogen-bond acceptors (Lipinski definition) is 5. The number of aromatic amines is 1. The van der Waals surface area contributed by atoms with Crippen LogP contribution in [0.4, 0.5) is 5.69 Å². The molecule has 0 spiro atoms. The molecular weight excluding hydrogens is 324 g/mol. The Morgan fingerprint density at radius 1 is 1.30 bits per heavy atom. The van der Waals surface area contributed by atoms with Crippen LogP contribution in [0.15, 0.2) is 39.4 Å². The van der Waals surface area contributed by atoms with Crippen molar-refractivity contribution in [3.8, 4) is 28.7 Å². The van der Waals surface area contributed by atoms with E-state index in [1.54, 1.807) is 37.4 Å². The molecule has 0 aliphatic heterocycles. The Morgan fingerprint density at radius 3 is 2.85 bits per heavy atom. The molecule has 0 radical (unpaired) electrons. The Kier molecular flexibility index (Phi) is 3.19. The van der Waals surface area contributed by atoms with E-state index in [2.05, 4.69) is 31.1 Å². The second kappa shape index (κ2) is 5.01. The Balaban J connectivity index is 2.04. The van der Waals surface area contributed by atoms with Crippen molar-refractivity contribution < 1.29 is 9.15 Å². The van der Waals surface area contributed by atoms with E-state index in [0.29, 0.717) is 33.5 Å². The number of anilines is 1. The Labute approximate surface area is 123 Å². The van der Waals surface area contributed by atoms with Gasteiger partial charge in [-0.05, 0) is 46.3 Å². The molecule has 20 heavy (non-hydrogen) atoms. The lowest BCUT2D eigenvalue weighted by Crippen LogP contribution is -1.92. The first-order chi connectivity index (χ1) is 9.67. The lowest BCUT2D eigenvalue weighted by Gasteiger charge is -2.05. The summed E-state index contributed by atoms with van der Waals surface area (Å²) in [6.45, 7) is 0. The third-order valence-electron chi connectivity index (χ3n) is 2.76. The van der Waals surface area contributed by atoms with Gasteiger partial charge in [0.05, 0.1) is 12.7 Å². The molecule has 7 heteroatoms. The molecule has 0 aliphatic carbocycles. The molecule has 2 heterocycles. The van der Waals surface area contributed by atoms with E-state index < -0.39 is 0 Å². The molecule has 6 nitrogen and oxygen atoms in total. The lowest BCUT2D eigenvalue weighted by atomic mass is 10.1. The van der Waals surface area contributed by atoms with Gasteiger partial charge in [0.2, 0.25) is 0 Å². The van der Waals surface area contributed by atoms with Gasteiger partial charge in [-0.2, -0.15) is 5.10 Å². The van der Waals surface area contributed by atoms with Crippen molar-refractivity contribution in [2.45, 2.75) is 0 Å². The fourth-order valence-electron chi connectivity index (χ4n) is 1.83. The summed E-state index contributed by atoms with van der Waals surface area (Å²) >= 11 is 3.25. The predicted octanol–water partition coefficient (Wildman–Crippen LogP) is 3.08. The Hall–Kier alpha value is -2.28. The highest BCUT2D eigenvalue weighted by atomic mass is 79.9. The van der Waals surface area contributed by atoms with Gasteiger partial charge in [0.15, 0.2) is 22.1 Å². The van der Waals surface area contributed by atoms with Crippen molar-refractivity contribution >= 4 is 21.6 Å². The summed E-state index contributed by atoms with van der Waals surface area (Å²) < 4.78 is 11.4. The zero-order chi connectivity index (χ0) is 14.1. The minimum Gasteiger partial charge on any atom is -0.496 e. The molecule has 3 aromatic rings. The van der Waals surface area contributed by atoms with E-state index in [9.17, 15) is 0 Å². The first kappa shape index (κ1) is 12.7. The van der Waals surface area contributed by atoms with Crippen molar-refractivity contribution in [2.24, 2.45) is 0 Å². The molecule has 0 aliphatic rings. The summed E-state index contributed by atoms with van der Waals surface area (Å²) in [4.78, 5) is 4.40. The van der Waals surface area contributed by atoms with E-state index >= 15 is 0 Å². The molecule has 0 saturated carbocycles. The first-order valence-corrected chi connectivity index (χ1v) is 6.58. The number of methoxy groups -OCH3 is 1. The van der Waals surface area contributed by atoms with Gasteiger partial charge in [-0.3, -0.25) is 5.10 Å². The number of aromatic nitrogens is 3. The van der Waals surface area contributed by atoms with E-state index in [1.165, 1.54) is 0 Å². The van der Waals surface area contributed by atoms with E-state index in [0.717, 1.165) is 5.56 Å². The second-order valence-electron chi connectivity index (χ2n) is 4.07. The van der Waals surface area contributed by atoms with Gasteiger partial charge in [0, 0.05) is 5.69 Å². The summed E-state index contributed by atoms with van der Waals surface area (Å²) in [5.41, 5.74) is 7.14. The fraction of sp³-hybridized carbons (Fsp3) is 0.0769. The van der Waals surface area contributed by atoms with Crippen LogP contribution in [0.1, 0.15) is 0 Å². The van der Waals surface area contributed by atoms with E-state index in [4.69, 9.17) is 14.9 Å². The topological polar surface area (TPSA) is 90.0 Å². The highest BCUT2D eigenvalue weighted by Gasteiger charge is 2.14. The molecule has 0 amide bonds. The van der Waals surface area contributed by atoms with Crippen LogP contribution in [0.5, 0.6) is 5.75 Å². The number of hydrogen-bond donors (Lipinski definition) is 2. The highest BCUT2D eigenvalue weighted by molar-refractivity contribution is 9.10. The van der Waals surface area contributed by atoms with Crippen molar-refractivity contribution in [1.82, 2.24) is 15.2 Å². The SMILES string of the molecule is COc1ccc(N)cc1-c1n[nH]c(-c2ccc(Br)o2)n1. The number of nitrogens with zero attached hydrogens (tertiary/aromatic N) is 2. The van der Waals surface area contributed by atoms with Crippen molar-refractivity contribution in [2.75, 3.05) is 12.8 Å². The largest absolute Gasteiger partial charge is 0.496 e. The molecule has 2 aromatic heterocycles. The summed E-state index contributed by atoms with van der Waals surface area (Å²) in [7, 11) is 1.59. The average molecular weight is 335 g/mol. The number of nitrogens with one attached hydrogen (secondary N) is 1. The molecule has 1 aromatic carbocycles. The number of ether oxygens (including phenoxy) is 1.